The molecule has 4 aromatic carbocycles. The Hall–Kier alpha value is -6.80. The van der Waals surface area contributed by atoms with Crippen molar-refractivity contribution in [2.24, 2.45) is 0 Å². The summed E-state index contributed by atoms with van der Waals surface area (Å²) in [5, 5.41) is 10.6. The first-order chi connectivity index (χ1) is 38.0. The van der Waals surface area contributed by atoms with Crippen molar-refractivity contribution >= 4 is 20.6 Å². The fourth-order valence-electron chi connectivity index (χ4n) is 10.9. The van der Waals surface area contributed by atoms with E-state index in [0.29, 0.717) is 12.8 Å². The second-order valence-electron chi connectivity index (χ2n) is 21.9. The van der Waals surface area contributed by atoms with Gasteiger partial charge in [-0.3, -0.25) is 9.97 Å². The molecule has 2 heterocycles. The summed E-state index contributed by atoms with van der Waals surface area (Å²) < 4.78 is 6.58. The molecule has 0 bridgehead atoms. The number of carbonyl (C=O) groups excluding carboxylic acids is 4. The monoisotopic (exact) mass is 1090 g/mol. The van der Waals surface area contributed by atoms with Crippen LogP contribution in [0.1, 0.15) is 187 Å². The molecule has 0 aliphatic rings. The zero-order valence-electron chi connectivity index (χ0n) is 51.3. The molecule has 0 atom stereocenters. The number of nitrogens with zero attached hydrogens (tertiary/aromatic N) is 2. The molecule has 8 nitrogen and oxygen atoms in total. The molecule has 0 saturated heterocycles. The van der Waals surface area contributed by atoms with Gasteiger partial charge in [0.2, 0.25) is 0 Å². The van der Waals surface area contributed by atoms with Crippen LogP contribution >= 0.6 is 0 Å². The van der Waals surface area contributed by atoms with Crippen LogP contribution in [-0.2, 0) is 47.3 Å². The van der Waals surface area contributed by atoms with E-state index in [1.807, 2.05) is 38.6 Å². The standard InChI is InChI=1S/C36H49NOSi.C33H41NO.2CO2/c1-11-29-24-31(26-37-25-29)34-19-18-33(23-28(34)7)36(14-4,15-5)32-17-16-30(27(6)22-32)20-21-35(12-2,13-3)38-39(8,9)10;1-8-26-21-28(23-34-22-26)31-16-15-30(20-25(31)7)33(11-4,12-5)29-14-13-27(24(6)19-29)17-18-32(35,9-2)10-3;2*2-1-3/h16-19,22-26H,11-15H2,1-10H3;13-16,19-23,35H,8-12H2,1-7H3;;. The Morgan fingerprint density at radius 1 is 0.450 bits per heavy atom. The number of aliphatic hydroxyl groups is 1. The van der Waals surface area contributed by atoms with E-state index in [9.17, 15) is 5.11 Å². The van der Waals surface area contributed by atoms with E-state index in [2.05, 4.69) is 221 Å². The van der Waals surface area contributed by atoms with Crippen LogP contribution in [0.15, 0.2) is 110 Å². The van der Waals surface area contributed by atoms with E-state index >= 15 is 0 Å². The fourth-order valence-corrected chi connectivity index (χ4v) is 12.4. The van der Waals surface area contributed by atoms with Gasteiger partial charge in [-0.15, -0.1) is 0 Å². The van der Waals surface area contributed by atoms with Crippen molar-refractivity contribution in [3.05, 3.63) is 176 Å². The van der Waals surface area contributed by atoms with Gasteiger partial charge in [0.1, 0.15) is 11.2 Å². The summed E-state index contributed by atoms with van der Waals surface area (Å²) in [7, 11) is -1.71. The average Bonchev–Trinajstić information content (AvgIpc) is 3.46. The van der Waals surface area contributed by atoms with Gasteiger partial charge in [-0.05, 0) is 203 Å². The second-order valence-corrected chi connectivity index (χ2v) is 26.3. The van der Waals surface area contributed by atoms with Crippen molar-refractivity contribution < 1.29 is 28.7 Å². The van der Waals surface area contributed by atoms with Gasteiger partial charge >= 0.3 is 12.3 Å². The van der Waals surface area contributed by atoms with Gasteiger partial charge in [-0.1, -0.05) is 154 Å². The molecule has 1 N–H and O–H groups in total. The van der Waals surface area contributed by atoms with Crippen LogP contribution in [0, 0.1) is 51.4 Å². The topological polar surface area (TPSA) is 124 Å². The molecule has 0 amide bonds. The summed E-state index contributed by atoms with van der Waals surface area (Å²) in [6.07, 6.45) is 17.5. The van der Waals surface area contributed by atoms with Crippen molar-refractivity contribution in [1.29, 1.82) is 0 Å². The van der Waals surface area contributed by atoms with Crippen LogP contribution in [0.2, 0.25) is 19.6 Å². The van der Waals surface area contributed by atoms with E-state index in [0.717, 1.165) is 68.1 Å². The lowest BCUT2D eigenvalue weighted by Gasteiger charge is -2.34. The van der Waals surface area contributed by atoms with Gasteiger partial charge in [-0.2, -0.15) is 19.2 Å². The van der Waals surface area contributed by atoms with Gasteiger partial charge in [-0.25, -0.2) is 0 Å². The molecule has 0 fully saturated rings. The fraction of sp³-hybridized carbons (Fsp3) is 0.437. The average molecular weight is 1100 g/mol. The molecule has 0 spiro atoms. The summed E-state index contributed by atoms with van der Waals surface area (Å²) in [5.41, 5.74) is 18.5. The first-order valence-electron chi connectivity index (χ1n) is 28.8. The Morgan fingerprint density at radius 3 is 1.07 bits per heavy atom. The third-order valence-corrected chi connectivity index (χ3v) is 17.2. The lowest BCUT2D eigenvalue weighted by molar-refractivity contribution is -0.193. The van der Waals surface area contributed by atoms with Crippen molar-refractivity contribution in [3.63, 3.8) is 0 Å². The molecule has 0 saturated carbocycles. The Kier molecular flexibility index (Phi) is 26.4. The summed E-state index contributed by atoms with van der Waals surface area (Å²) in [5.74, 6) is 13.4. The highest BCUT2D eigenvalue weighted by molar-refractivity contribution is 6.69. The van der Waals surface area contributed by atoms with E-state index in [1.54, 1.807) is 0 Å². The molecular weight excluding hydrogens is 1000 g/mol. The summed E-state index contributed by atoms with van der Waals surface area (Å²) >= 11 is 0. The summed E-state index contributed by atoms with van der Waals surface area (Å²) in [4.78, 5) is 41.4. The van der Waals surface area contributed by atoms with Crippen LogP contribution in [-0.4, -0.2) is 46.9 Å². The van der Waals surface area contributed by atoms with Crippen LogP contribution < -0.4 is 0 Å². The minimum atomic E-state index is -1.71. The Labute approximate surface area is 482 Å². The maximum absolute atomic E-state index is 10.6. The van der Waals surface area contributed by atoms with Crippen molar-refractivity contribution in [3.8, 4) is 45.9 Å². The van der Waals surface area contributed by atoms with E-state index in [-0.39, 0.29) is 28.7 Å². The Balaban J connectivity index is 0.000000384. The molecule has 6 aromatic rings. The number of rotatable bonds is 18. The van der Waals surface area contributed by atoms with Crippen molar-refractivity contribution in [2.45, 2.75) is 203 Å². The SMILES string of the molecule is CCc1cncc(-c2ccc(C(CC)(CC)c3ccc(C#CC(CC)(CC)O[Si](C)(C)C)c(C)c3)cc2C)c1.CCc1cncc(-c2ccc(C(CC)(CC)c3ccc(C#CC(O)(CC)CC)c(C)c3)cc2C)c1.O=C=O.O=C=O. The van der Waals surface area contributed by atoms with Crippen LogP contribution in [0.5, 0.6) is 0 Å². The normalized spacial score (nSPS) is 11.3. The van der Waals surface area contributed by atoms with Crippen molar-refractivity contribution in [2.75, 3.05) is 0 Å². The molecule has 0 unspecified atom stereocenters. The number of hydrogen-bond acceptors (Lipinski definition) is 8. The maximum atomic E-state index is 10.6. The van der Waals surface area contributed by atoms with Crippen molar-refractivity contribution in [1.82, 2.24) is 9.97 Å². The quantitative estimate of drug-likeness (QED) is 0.0667. The Morgan fingerprint density at radius 2 is 0.787 bits per heavy atom. The lowest BCUT2D eigenvalue weighted by Crippen LogP contribution is -2.41. The highest BCUT2D eigenvalue weighted by Gasteiger charge is 2.34. The summed E-state index contributed by atoms with van der Waals surface area (Å²) in [6, 6.07) is 32.1. The smallest absolute Gasteiger partial charge is 0.373 e. The molecule has 6 rings (SSSR count). The molecule has 0 aliphatic heterocycles. The maximum Gasteiger partial charge on any atom is 0.373 e. The van der Waals surface area contributed by atoms with Gasteiger partial charge in [0.15, 0.2) is 8.32 Å². The lowest BCUT2D eigenvalue weighted by atomic mass is 9.69. The minimum absolute atomic E-state index is 0.0406. The third-order valence-electron chi connectivity index (χ3n) is 16.2. The van der Waals surface area contributed by atoms with Gasteiger partial charge in [0.05, 0.1) is 0 Å². The summed E-state index contributed by atoms with van der Waals surface area (Å²) in [6.45, 7) is 37.4. The van der Waals surface area contributed by atoms with Gasteiger partial charge in [0, 0.05) is 57.9 Å². The highest BCUT2D eigenvalue weighted by Crippen LogP contribution is 2.43. The van der Waals surface area contributed by atoms with Crippen LogP contribution in [0.25, 0.3) is 22.3 Å². The number of pyridine rings is 2. The minimum Gasteiger partial charge on any atom is -0.402 e. The number of aryl methyl sites for hydroxylation is 6. The number of hydrogen-bond donors (Lipinski definition) is 1. The first-order valence-corrected chi connectivity index (χ1v) is 32.3. The largest absolute Gasteiger partial charge is 0.402 e. The predicted molar refractivity (Wildman–Crippen MR) is 330 cm³/mol. The Bertz CT molecular complexity index is 3160. The second kappa shape index (κ2) is 31.3. The van der Waals surface area contributed by atoms with E-state index < -0.39 is 13.9 Å². The van der Waals surface area contributed by atoms with E-state index in [1.165, 1.54) is 72.3 Å². The predicted octanol–water partition coefficient (Wildman–Crippen LogP) is 16.6. The van der Waals surface area contributed by atoms with Crippen LogP contribution in [0.4, 0.5) is 0 Å². The molecule has 2 aromatic heterocycles. The molecule has 9 heteroatoms. The zero-order valence-corrected chi connectivity index (χ0v) is 52.3. The first kappa shape index (κ1) is 67.5. The van der Waals surface area contributed by atoms with Gasteiger partial charge in [0.25, 0.3) is 0 Å². The number of aromatic nitrogens is 2. The molecule has 80 heavy (non-hydrogen) atoms. The molecule has 424 valence electrons. The zero-order chi connectivity index (χ0) is 59.9. The highest BCUT2D eigenvalue weighted by atomic mass is 28.4. The van der Waals surface area contributed by atoms with E-state index in [4.69, 9.17) is 23.6 Å². The third kappa shape index (κ3) is 17.1. The molecule has 0 aliphatic carbocycles. The number of benzene rings is 4. The van der Waals surface area contributed by atoms with Crippen LogP contribution in [0.3, 0.4) is 0 Å². The van der Waals surface area contributed by atoms with Gasteiger partial charge < -0.3 is 9.53 Å². The molecular formula is C71H90N2O6Si. The molecule has 0 radical (unpaired) electrons.